The molecule has 1 atom stereocenters. The molecule has 1 aliphatic heterocycles. The number of para-hydroxylation sites is 1. The van der Waals surface area contributed by atoms with E-state index in [-0.39, 0.29) is 22.9 Å². The maximum atomic E-state index is 14.6. The molecule has 2 N–H and O–H groups in total. The Morgan fingerprint density at radius 3 is 2.36 bits per heavy atom. The van der Waals surface area contributed by atoms with Crippen LogP contribution in [0.4, 0.5) is 14.5 Å². The lowest BCUT2D eigenvalue weighted by Gasteiger charge is -2.39. The van der Waals surface area contributed by atoms with Gasteiger partial charge in [0.25, 0.3) is 0 Å². The van der Waals surface area contributed by atoms with Gasteiger partial charge in [-0.2, -0.15) is 5.26 Å². The number of carbonyl (C=O) groups excluding carboxylic acids is 1. The van der Waals surface area contributed by atoms with Crippen molar-refractivity contribution in [3.63, 3.8) is 0 Å². The summed E-state index contributed by atoms with van der Waals surface area (Å²) in [4.78, 5) is 14.1. The summed E-state index contributed by atoms with van der Waals surface area (Å²) in [6.45, 7) is 0. The Bertz CT molecular complexity index is 1050. The Morgan fingerprint density at radius 2 is 1.71 bits per heavy atom. The number of nitrogens with zero attached hydrogens (tertiary/aromatic N) is 2. The van der Waals surface area contributed by atoms with Gasteiger partial charge in [0, 0.05) is 17.7 Å². The maximum absolute atomic E-state index is 14.6. The van der Waals surface area contributed by atoms with Gasteiger partial charge in [-0.15, -0.1) is 0 Å². The third-order valence-corrected chi connectivity index (χ3v) is 5.21. The number of rotatable bonds is 2. The smallest absolute Gasteiger partial charge is 0.161 e. The second-order valence-electron chi connectivity index (χ2n) is 6.80. The quantitative estimate of drug-likeness (QED) is 0.849. The van der Waals surface area contributed by atoms with Gasteiger partial charge in [-0.05, 0) is 30.5 Å². The van der Waals surface area contributed by atoms with Gasteiger partial charge in [0.15, 0.2) is 5.78 Å². The number of Topliss-reactive ketones (excluding diaryl/α,β-unsaturated/α-hetero) is 1. The largest absolute Gasteiger partial charge is 0.384 e. The molecule has 0 saturated carbocycles. The molecule has 0 bridgehead atoms. The summed E-state index contributed by atoms with van der Waals surface area (Å²) in [5.74, 6) is -2.42. The van der Waals surface area contributed by atoms with Gasteiger partial charge < -0.3 is 5.73 Å². The van der Waals surface area contributed by atoms with E-state index < -0.39 is 17.6 Å². The average molecular weight is 377 g/mol. The first-order valence-electron chi connectivity index (χ1n) is 8.99. The highest BCUT2D eigenvalue weighted by atomic mass is 19.1. The maximum Gasteiger partial charge on any atom is 0.161 e. The standard InChI is InChI=1S/C22H17F2N3O/c23-15-8-4-9-16(24)21(15)27-17-10-5-11-18(28)20(17)19(14(12-25)22(27)26)13-6-2-1-3-7-13/h1-4,6-9,19H,5,10-11,26H2/t19-/m0/s1. The summed E-state index contributed by atoms with van der Waals surface area (Å²) in [7, 11) is 0. The summed E-state index contributed by atoms with van der Waals surface area (Å²) in [6.07, 6.45) is 1.33. The van der Waals surface area contributed by atoms with E-state index in [1.54, 1.807) is 0 Å². The van der Waals surface area contributed by atoms with E-state index in [0.717, 1.165) is 17.7 Å². The van der Waals surface area contributed by atoms with Crippen molar-refractivity contribution in [2.45, 2.75) is 25.2 Å². The third-order valence-electron chi connectivity index (χ3n) is 5.21. The predicted molar refractivity (Wildman–Crippen MR) is 101 cm³/mol. The Balaban J connectivity index is 2.02. The van der Waals surface area contributed by atoms with Crippen LogP contribution in [0.2, 0.25) is 0 Å². The van der Waals surface area contributed by atoms with Crippen molar-refractivity contribution >= 4 is 11.5 Å². The number of carbonyl (C=O) groups is 1. The van der Waals surface area contributed by atoms with Crippen LogP contribution in [-0.2, 0) is 4.79 Å². The van der Waals surface area contributed by atoms with Crippen molar-refractivity contribution in [1.82, 2.24) is 0 Å². The minimum absolute atomic E-state index is 0.0474. The molecular weight excluding hydrogens is 360 g/mol. The zero-order chi connectivity index (χ0) is 19.8. The molecule has 0 fully saturated rings. The number of hydrogen-bond donors (Lipinski definition) is 1. The Kier molecular flexibility index (Phi) is 4.44. The zero-order valence-electron chi connectivity index (χ0n) is 15.0. The average Bonchev–Trinajstić information content (AvgIpc) is 2.69. The minimum atomic E-state index is -0.803. The molecule has 28 heavy (non-hydrogen) atoms. The van der Waals surface area contributed by atoms with E-state index in [0.29, 0.717) is 30.5 Å². The first-order chi connectivity index (χ1) is 13.5. The van der Waals surface area contributed by atoms with Gasteiger partial charge in [0.2, 0.25) is 0 Å². The van der Waals surface area contributed by atoms with Crippen LogP contribution in [0.25, 0.3) is 0 Å². The van der Waals surface area contributed by atoms with Gasteiger partial charge in [0.05, 0.1) is 17.6 Å². The van der Waals surface area contributed by atoms with Gasteiger partial charge in [-0.3, -0.25) is 9.69 Å². The lowest BCUT2D eigenvalue weighted by atomic mass is 9.75. The number of halogens is 2. The first kappa shape index (κ1) is 17.9. The van der Waals surface area contributed by atoms with Crippen LogP contribution >= 0.6 is 0 Å². The van der Waals surface area contributed by atoms with Gasteiger partial charge in [-0.25, -0.2) is 8.78 Å². The van der Waals surface area contributed by atoms with Crippen molar-refractivity contribution in [3.05, 3.63) is 88.4 Å². The SMILES string of the molecule is N#CC1=C(N)N(c2c(F)cccc2F)C2=C(C(=O)CCC2)[C@H]1c1ccccc1. The summed E-state index contributed by atoms with van der Waals surface area (Å²) in [5.41, 5.74) is 7.65. The Labute approximate surface area is 161 Å². The third kappa shape index (κ3) is 2.67. The molecule has 4 nitrogen and oxygen atoms in total. The molecule has 2 aliphatic rings. The number of nitriles is 1. The Morgan fingerprint density at radius 1 is 1.04 bits per heavy atom. The molecule has 0 amide bonds. The van der Waals surface area contributed by atoms with Crippen LogP contribution in [0.5, 0.6) is 0 Å². The highest BCUT2D eigenvalue weighted by Crippen LogP contribution is 2.46. The number of allylic oxidation sites excluding steroid dienone is 3. The molecule has 0 aromatic heterocycles. The fourth-order valence-corrected chi connectivity index (χ4v) is 4.02. The van der Waals surface area contributed by atoms with E-state index in [1.807, 2.05) is 30.3 Å². The van der Waals surface area contributed by atoms with Crippen LogP contribution < -0.4 is 10.6 Å². The molecule has 2 aromatic rings. The summed E-state index contributed by atoms with van der Waals surface area (Å²) >= 11 is 0. The fraction of sp³-hybridized carbons (Fsp3) is 0.182. The molecule has 1 heterocycles. The van der Waals surface area contributed by atoms with Crippen LogP contribution in [0, 0.1) is 23.0 Å². The second kappa shape index (κ2) is 6.93. The van der Waals surface area contributed by atoms with E-state index >= 15 is 0 Å². The van der Waals surface area contributed by atoms with Crippen LogP contribution in [-0.4, -0.2) is 5.78 Å². The fourth-order valence-electron chi connectivity index (χ4n) is 4.02. The highest BCUT2D eigenvalue weighted by Gasteiger charge is 2.41. The Hall–Kier alpha value is -3.46. The monoisotopic (exact) mass is 377 g/mol. The number of hydrogen-bond acceptors (Lipinski definition) is 4. The molecule has 0 unspecified atom stereocenters. The molecule has 1 aliphatic carbocycles. The molecular formula is C22H17F2N3O. The van der Waals surface area contributed by atoms with Crippen molar-refractivity contribution in [1.29, 1.82) is 5.26 Å². The zero-order valence-corrected chi connectivity index (χ0v) is 15.0. The topological polar surface area (TPSA) is 70.1 Å². The predicted octanol–water partition coefficient (Wildman–Crippen LogP) is 4.27. The van der Waals surface area contributed by atoms with Crippen molar-refractivity contribution < 1.29 is 13.6 Å². The lowest BCUT2D eigenvalue weighted by molar-refractivity contribution is -0.116. The van der Waals surface area contributed by atoms with Gasteiger partial charge >= 0.3 is 0 Å². The molecule has 6 heteroatoms. The summed E-state index contributed by atoms with van der Waals surface area (Å²) in [6, 6.07) is 14.7. The lowest BCUT2D eigenvalue weighted by Crippen LogP contribution is -2.39. The normalized spacial score (nSPS) is 19.5. The van der Waals surface area contributed by atoms with E-state index in [9.17, 15) is 18.8 Å². The second-order valence-corrected chi connectivity index (χ2v) is 6.80. The van der Waals surface area contributed by atoms with Gasteiger partial charge in [0.1, 0.15) is 23.1 Å². The van der Waals surface area contributed by atoms with E-state index in [4.69, 9.17) is 5.73 Å². The van der Waals surface area contributed by atoms with Crippen molar-refractivity contribution in [2.75, 3.05) is 4.90 Å². The molecule has 4 rings (SSSR count). The number of benzene rings is 2. The first-order valence-corrected chi connectivity index (χ1v) is 8.99. The molecule has 0 saturated heterocycles. The molecule has 0 radical (unpaired) electrons. The molecule has 0 spiro atoms. The van der Waals surface area contributed by atoms with Crippen LogP contribution in [0.3, 0.4) is 0 Å². The summed E-state index contributed by atoms with van der Waals surface area (Å²) in [5, 5.41) is 9.84. The number of anilines is 1. The van der Waals surface area contributed by atoms with Crippen LogP contribution in [0.15, 0.2) is 71.2 Å². The van der Waals surface area contributed by atoms with Gasteiger partial charge in [-0.1, -0.05) is 36.4 Å². The summed E-state index contributed by atoms with van der Waals surface area (Å²) < 4.78 is 29.1. The molecule has 2 aromatic carbocycles. The van der Waals surface area contributed by atoms with Crippen molar-refractivity contribution in [2.24, 2.45) is 5.73 Å². The number of nitrogens with two attached hydrogens (primary N) is 1. The highest BCUT2D eigenvalue weighted by molar-refractivity contribution is 6.01. The van der Waals surface area contributed by atoms with Crippen molar-refractivity contribution in [3.8, 4) is 6.07 Å². The minimum Gasteiger partial charge on any atom is -0.384 e. The van der Waals surface area contributed by atoms with Crippen LogP contribution in [0.1, 0.15) is 30.7 Å². The van der Waals surface area contributed by atoms with E-state index in [1.165, 1.54) is 11.0 Å². The number of ketones is 1. The molecule has 140 valence electrons. The van der Waals surface area contributed by atoms with E-state index in [2.05, 4.69) is 6.07 Å².